The number of hydrogen-bond donors (Lipinski definition) is 2. The van der Waals surface area contributed by atoms with Gasteiger partial charge in [0.2, 0.25) is 0 Å². The summed E-state index contributed by atoms with van der Waals surface area (Å²) < 4.78 is 10.6. The van der Waals surface area contributed by atoms with Crippen molar-refractivity contribution in [1.82, 2.24) is 0 Å². The minimum Gasteiger partial charge on any atom is -0.493 e. The van der Waals surface area contributed by atoms with Gasteiger partial charge in [0.1, 0.15) is 0 Å². The average Bonchev–Trinajstić information content (AvgIpc) is 2.29. The summed E-state index contributed by atoms with van der Waals surface area (Å²) in [6.07, 6.45) is -0.00662. The van der Waals surface area contributed by atoms with Gasteiger partial charge in [0.15, 0.2) is 11.5 Å². The molecule has 0 aliphatic rings. The summed E-state index contributed by atoms with van der Waals surface area (Å²) >= 11 is 0. The van der Waals surface area contributed by atoms with Crippen molar-refractivity contribution < 1.29 is 14.6 Å². The fourth-order valence-corrected chi connectivity index (χ4v) is 1.49. The lowest BCUT2D eigenvalue weighted by Gasteiger charge is -2.14. The van der Waals surface area contributed by atoms with Gasteiger partial charge in [-0.3, -0.25) is 0 Å². The van der Waals surface area contributed by atoms with Crippen molar-refractivity contribution in [2.24, 2.45) is 5.73 Å². The Morgan fingerprint density at radius 1 is 1.38 bits per heavy atom. The molecule has 0 fully saturated rings. The Hall–Kier alpha value is -1.26. The maximum atomic E-state index is 9.80. The van der Waals surface area contributed by atoms with E-state index in [4.69, 9.17) is 15.2 Å². The van der Waals surface area contributed by atoms with Gasteiger partial charge in [-0.05, 0) is 37.6 Å². The molecule has 0 saturated carbocycles. The van der Waals surface area contributed by atoms with Crippen LogP contribution in [0, 0.1) is 0 Å². The molecule has 0 aliphatic heterocycles. The summed E-state index contributed by atoms with van der Waals surface area (Å²) in [5.41, 5.74) is 6.20. The Balaban J connectivity index is 2.91. The lowest BCUT2D eigenvalue weighted by Crippen LogP contribution is -2.07. The molecule has 0 unspecified atom stereocenters. The number of hydrogen-bond acceptors (Lipinski definition) is 4. The maximum Gasteiger partial charge on any atom is 0.161 e. The van der Waals surface area contributed by atoms with E-state index in [2.05, 4.69) is 0 Å². The van der Waals surface area contributed by atoms with Crippen LogP contribution in [-0.2, 0) is 0 Å². The fourth-order valence-electron chi connectivity index (χ4n) is 1.49. The van der Waals surface area contributed by atoms with E-state index in [0.29, 0.717) is 31.1 Å². The van der Waals surface area contributed by atoms with Crippen LogP contribution >= 0.6 is 0 Å². The van der Waals surface area contributed by atoms with E-state index in [1.165, 1.54) is 0 Å². The van der Waals surface area contributed by atoms with E-state index in [9.17, 15) is 5.11 Å². The zero-order valence-electron chi connectivity index (χ0n) is 9.77. The minimum atomic E-state index is -0.546. The number of ether oxygens (including phenoxy) is 2. The summed E-state index contributed by atoms with van der Waals surface area (Å²) in [7, 11) is 1.59. The second-order valence-corrected chi connectivity index (χ2v) is 3.44. The van der Waals surface area contributed by atoms with E-state index in [1.807, 2.05) is 13.0 Å². The van der Waals surface area contributed by atoms with Crippen LogP contribution in [0.1, 0.15) is 25.0 Å². The molecule has 1 atom stereocenters. The van der Waals surface area contributed by atoms with Gasteiger partial charge in [-0.25, -0.2) is 0 Å². The van der Waals surface area contributed by atoms with Crippen molar-refractivity contribution in [3.8, 4) is 11.5 Å². The van der Waals surface area contributed by atoms with Crippen LogP contribution < -0.4 is 15.2 Å². The Labute approximate surface area is 96.0 Å². The average molecular weight is 225 g/mol. The molecule has 3 N–H and O–H groups in total. The molecule has 0 aliphatic carbocycles. The zero-order chi connectivity index (χ0) is 12.0. The van der Waals surface area contributed by atoms with Gasteiger partial charge in [0.25, 0.3) is 0 Å². The molecule has 16 heavy (non-hydrogen) atoms. The van der Waals surface area contributed by atoms with Gasteiger partial charge in [0.05, 0.1) is 19.8 Å². The second kappa shape index (κ2) is 6.35. The Kier molecular flexibility index (Phi) is 5.08. The quantitative estimate of drug-likeness (QED) is 0.769. The molecule has 0 bridgehead atoms. The number of benzene rings is 1. The summed E-state index contributed by atoms with van der Waals surface area (Å²) in [6.45, 7) is 2.92. The molecule has 90 valence electrons. The molecule has 4 nitrogen and oxygen atoms in total. The molecule has 1 aromatic carbocycles. The maximum absolute atomic E-state index is 9.80. The highest BCUT2D eigenvalue weighted by atomic mass is 16.5. The monoisotopic (exact) mass is 225 g/mol. The summed E-state index contributed by atoms with van der Waals surface area (Å²) in [5, 5.41) is 9.80. The molecule has 1 aromatic rings. The minimum absolute atomic E-state index is 0.456. The van der Waals surface area contributed by atoms with Gasteiger partial charge in [-0.1, -0.05) is 6.07 Å². The third-order valence-electron chi connectivity index (χ3n) is 2.31. The van der Waals surface area contributed by atoms with Gasteiger partial charge in [-0.15, -0.1) is 0 Å². The van der Waals surface area contributed by atoms with Crippen molar-refractivity contribution in [3.63, 3.8) is 0 Å². The Morgan fingerprint density at radius 2 is 2.12 bits per heavy atom. The molecule has 0 aromatic heterocycles. The summed E-state index contributed by atoms with van der Waals surface area (Å²) in [4.78, 5) is 0. The predicted molar refractivity (Wildman–Crippen MR) is 62.8 cm³/mol. The van der Waals surface area contributed by atoms with E-state index in [1.54, 1.807) is 19.2 Å². The van der Waals surface area contributed by atoms with Crippen LogP contribution in [0.5, 0.6) is 11.5 Å². The molecule has 0 saturated heterocycles. The normalized spacial score (nSPS) is 12.2. The lowest BCUT2D eigenvalue weighted by molar-refractivity contribution is 0.169. The summed E-state index contributed by atoms with van der Waals surface area (Å²) in [5.74, 6) is 1.32. The van der Waals surface area contributed by atoms with Crippen LogP contribution in [0.25, 0.3) is 0 Å². The molecule has 0 heterocycles. The van der Waals surface area contributed by atoms with Crippen molar-refractivity contribution in [1.29, 1.82) is 0 Å². The molecular weight excluding hydrogens is 206 g/mol. The Bertz CT molecular complexity index is 328. The van der Waals surface area contributed by atoms with Crippen LogP contribution in [0.2, 0.25) is 0 Å². The first kappa shape index (κ1) is 12.8. The van der Waals surface area contributed by atoms with E-state index in [0.717, 1.165) is 5.56 Å². The van der Waals surface area contributed by atoms with Crippen LogP contribution in [0.4, 0.5) is 0 Å². The van der Waals surface area contributed by atoms with Crippen molar-refractivity contribution in [2.45, 2.75) is 19.4 Å². The van der Waals surface area contributed by atoms with Gasteiger partial charge in [0, 0.05) is 0 Å². The third-order valence-corrected chi connectivity index (χ3v) is 2.31. The predicted octanol–water partition coefficient (Wildman–Crippen LogP) is 1.48. The lowest BCUT2D eigenvalue weighted by atomic mass is 10.1. The van der Waals surface area contributed by atoms with Crippen LogP contribution in [-0.4, -0.2) is 25.4 Å². The zero-order valence-corrected chi connectivity index (χ0v) is 9.77. The van der Waals surface area contributed by atoms with Crippen LogP contribution in [0.3, 0.4) is 0 Å². The standard InChI is InChI=1S/C12H19NO3/c1-3-16-12-8-9(10(14)6-7-13)4-5-11(12)15-2/h4-5,8,10,14H,3,6-7,13H2,1-2H3/t10-/m0/s1. The number of methoxy groups -OCH3 is 1. The van der Waals surface area contributed by atoms with Crippen molar-refractivity contribution in [3.05, 3.63) is 23.8 Å². The number of rotatable bonds is 6. The first-order valence-electron chi connectivity index (χ1n) is 5.41. The molecule has 0 radical (unpaired) electrons. The highest BCUT2D eigenvalue weighted by molar-refractivity contribution is 5.43. The number of aliphatic hydroxyl groups is 1. The number of nitrogens with two attached hydrogens (primary N) is 1. The molecule has 1 rings (SSSR count). The highest BCUT2D eigenvalue weighted by Crippen LogP contribution is 2.30. The topological polar surface area (TPSA) is 64.7 Å². The van der Waals surface area contributed by atoms with Gasteiger partial charge >= 0.3 is 0 Å². The van der Waals surface area contributed by atoms with E-state index in [-0.39, 0.29) is 0 Å². The van der Waals surface area contributed by atoms with Crippen molar-refractivity contribution in [2.75, 3.05) is 20.3 Å². The molecule has 0 spiro atoms. The van der Waals surface area contributed by atoms with E-state index < -0.39 is 6.10 Å². The van der Waals surface area contributed by atoms with Crippen LogP contribution in [0.15, 0.2) is 18.2 Å². The van der Waals surface area contributed by atoms with Crippen molar-refractivity contribution >= 4 is 0 Å². The first-order valence-corrected chi connectivity index (χ1v) is 5.41. The Morgan fingerprint density at radius 3 is 2.69 bits per heavy atom. The molecular formula is C12H19NO3. The second-order valence-electron chi connectivity index (χ2n) is 3.44. The fraction of sp³-hybridized carbons (Fsp3) is 0.500. The smallest absolute Gasteiger partial charge is 0.161 e. The highest BCUT2D eigenvalue weighted by Gasteiger charge is 2.11. The third kappa shape index (κ3) is 3.12. The SMILES string of the molecule is CCOc1cc([C@@H](O)CCN)ccc1OC. The summed E-state index contributed by atoms with van der Waals surface area (Å²) in [6, 6.07) is 5.41. The molecule has 4 heteroatoms. The number of aliphatic hydroxyl groups excluding tert-OH is 1. The van der Waals surface area contributed by atoms with Gasteiger partial charge < -0.3 is 20.3 Å². The molecule has 0 amide bonds. The van der Waals surface area contributed by atoms with Gasteiger partial charge in [-0.2, -0.15) is 0 Å². The largest absolute Gasteiger partial charge is 0.493 e. The van der Waals surface area contributed by atoms with E-state index >= 15 is 0 Å². The first-order chi connectivity index (χ1) is 7.72.